The minimum atomic E-state index is -0.0350. The Bertz CT molecular complexity index is 504. The number of nitrogens with zero attached hydrogens (tertiary/aromatic N) is 1. The fourth-order valence-corrected chi connectivity index (χ4v) is 2.85. The van der Waals surface area contributed by atoms with E-state index in [1.165, 1.54) is 0 Å². The van der Waals surface area contributed by atoms with E-state index in [0.29, 0.717) is 25.4 Å². The van der Waals surface area contributed by atoms with Crippen molar-refractivity contribution < 1.29 is 9.59 Å². The molecule has 1 aliphatic heterocycles. The highest BCUT2D eigenvalue weighted by Gasteiger charge is 2.17. The van der Waals surface area contributed by atoms with Gasteiger partial charge in [-0.25, -0.2) is 0 Å². The number of carbonyl (C=O) groups is 2. The van der Waals surface area contributed by atoms with Crippen molar-refractivity contribution in [3.05, 3.63) is 35.9 Å². The molecule has 0 saturated carbocycles. The molecule has 2 amide bonds. The van der Waals surface area contributed by atoms with E-state index in [-0.39, 0.29) is 30.8 Å². The highest BCUT2D eigenvalue weighted by Crippen LogP contribution is 2.13. The number of benzene rings is 1. The summed E-state index contributed by atoms with van der Waals surface area (Å²) in [6, 6.07) is 9.90. The number of halogens is 1. The predicted molar refractivity (Wildman–Crippen MR) is 98.0 cm³/mol. The molecule has 0 bridgehead atoms. The van der Waals surface area contributed by atoms with Crippen molar-refractivity contribution >= 4 is 24.2 Å². The highest BCUT2D eigenvalue weighted by atomic mass is 35.5. The number of nitrogens with one attached hydrogen (secondary N) is 2. The fraction of sp³-hybridized carbons (Fsp3) is 0.556. The third-order valence-electron chi connectivity index (χ3n) is 4.33. The fourth-order valence-electron chi connectivity index (χ4n) is 2.85. The standard InChI is InChI=1S/C18H27N3O2.ClH/c1-2-21(14-16-6-4-3-5-7-16)18(23)13-20-17(22)9-8-15-10-11-19-12-15;/h3-7,15,19H,2,8-14H2,1H3,(H,20,22);1H. The predicted octanol–water partition coefficient (Wildman–Crippen LogP) is 1.96. The molecule has 1 aromatic carbocycles. The molecule has 1 aromatic rings. The van der Waals surface area contributed by atoms with Crippen LogP contribution in [0.5, 0.6) is 0 Å². The summed E-state index contributed by atoms with van der Waals surface area (Å²) < 4.78 is 0. The molecule has 0 aromatic heterocycles. The number of hydrogen-bond acceptors (Lipinski definition) is 3. The van der Waals surface area contributed by atoms with Crippen LogP contribution in [0.15, 0.2) is 30.3 Å². The van der Waals surface area contributed by atoms with E-state index < -0.39 is 0 Å². The Morgan fingerprint density at radius 1 is 1.29 bits per heavy atom. The maximum atomic E-state index is 12.2. The number of rotatable bonds is 8. The molecular formula is C18H28ClN3O2. The van der Waals surface area contributed by atoms with Gasteiger partial charge in [0.1, 0.15) is 0 Å². The van der Waals surface area contributed by atoms with Gasteiger partial charge in [0.2, 0.25) is 11.8 Å². The Labute approximate surface area is 150 Å². The second kappa shape index (κ2) is 11.0. The van der Waals surface area contributed by atoms with Gasteiger partial charge in [-0.15, -0.1) is 12.4 Å². The summed E-state index contributed by atoms with van der Waals surface area (Å²) in [5.74, 6) is 0.537. The van der Waals surface area contributed by atoms with Gasteiger partial charge in [0.05, 0.1) is 6.54 Å². The van der Waals surface area contributed by atoms with Crippen molar-refractivity contribution in [3.8, 4) is 0 Å². The molecule has 134 valence electrons. The van der Waals surface area contributed by atoms with Crippen LogP contribution in [0, 0.1) is 5.92 Å². The minimum Gasteiger partial charge on any atom is -0.347 e. The SMILES string of the molecule is CCN(Cc1ccccc1)C(=O)CNC(=O)CCC1CCNC1.Cl. The maximum absolute atomic E-state index is 12.2. The lowest BCUT2D eigenvalue weighted by atomic mass is 10.0. The van der Waals surface area contributed by atoms with Crippen molar-refractivity contribution in [2.45, 2.75) is 32.7 Å². The smallest absolute Gasteiger partial charge is 0.242 e. The van der Waals surface area contributed by atoms with E-state index in [0.717, 1.165) is 31.5 Å². The van der Waals surface area contributed by atoms with Crippen LogP contribution < -0.4 is 10.6 Å². The summed E-state index contributed by atoms with van der Waals surface area (Å²) in [4.78, 5) is 25.9. The molecule has 0 aliphatic carbocycles. The molecule has 1 atom stereocenters. The summed E-state index contributed by atoms with van der Waals surface area (Å²) in [5.41, 5.74) is 1.10. The molecule has 6 heteroatoms. The van der Waals surface area contributed by atoms with Crippen LogP contribution in [0.2, 0.25) is 0 Å². The molecular weight excluding hydrogens is 326 g/mol. The van der Waals surface area contributed by atoms with Crippen LogP contribution >= 0.6 is 12.4 Å². The van der Waals surface area contributed by atoms with Crippen molar-refractivity contribution in [2.75, 3.05) is 26.2 Å². The third-order valence-corrected chi connectivity index (χ3v) is 4.33. The van der Waals surface area contributed by atoms with Gasteiger partial charge in [-0.3, -0.25) is 9.59 Å². The lowest BCUT2D eigenvalue weighted by Gasteiger charge is -2.21. The number of hydrogen-bond donors (Lipinski definition) is 2. The van der Waals surface area contributed by atoms with E-state index >= 15 is 0 Å². The summed E-state index contributed by atoms with van der Waals surface area (Å²) in [6.07, 6.45) is 2.55. The molecule has 1 aliphatic rings. The molecule has 2 rings (SSSR count). The zero-order valence-corrected chi connectivity index (χ0v) is 15.1. The van der Waals surface area contributed by atoms with Crippen LogP contribution in [-0.4, -0.2) is 42.9 Å². The molecule has 0 spiro atoms. The van der Waals surface area contributed by atoms with E-state index in [4.69, 9.17) is 0 Å². The maximum Gasteiger partial charge on any atom is 0.242 e. The molecule has 1 unspecified atom stereocenters. The lowest BCUT2D eigenvalue weighted by Crippen LogP contribution is -2.39. The largest absolute Gasteiger partial charge is 0.347 e. The normalized spacial score (nSPS) is 16.3. The summed E-state index contributed by atoms with van der Waals surface area (Å²) in [7, 11) is 0. The summed E-state index contributed by atoms with van der Waals surface area (Å²) in [5, 5.41) is 6.06. The summed E-state index contributed by atoms with van der Waals surface area (Å²) in [6.45, 7) is 5.32. The van der Waals surface area contributed by atoms with Gasteiger partial charge < -0.3 is 15.5 Å². The molecule has 1 saturated heterocycles. The number of amides is 2. The Kier molecular flexibility index (Phi) is 9.42. The minimum absolute atomic E-state index is 0. The van der Waals surface area contributed by atoms with Crippen molar-refractivity contribution in [2.24, 2.45) is 5.92 Å². The zero-order valence-electron chi connectivity index (χ0n) is 14.3. The highest BCUT2D eigenvalue weighted by molar-refractivity contribution is 5.85. The lowest BCUT2D eigenvalue weighted by molar-refractivity contribution is -0.133. The Morgan fingerprint density at radius 2 is 2.04 bits per heavy atom. The van der Waals surface area contributed by atoms with Gasteiger partial charge in [0, 0.05) is 19.5 Å². The first-order valence-corrected chi connectivity index (χ1v) is 8.48. The third kappa shape index (κ3) is 6.89. The Morgan fingerprint density at radius 3 is 2.67 bits per heavy atom. The van der Waals surface area contributed by atoms with Crippen LogP contribution in [0.1, 0.15) is 31.7 Å². The van der Waals surface area contributed by atoms with Gasteiger partial charge in [-0.05, 0) is 44.3 Å². The Hall–Kier alpha value is -1.59. The van der Waals surface area contributed by atoms with E-state index in [1.54, 1.807) is 4.90 Å². The van der Waals surface area contributed by atoms with Gasteiger partial charge in [-0.2, -0.15) is 0 Å². The topological polar surface area (TPSA) is 61.4 Å². The number of carbonyl (C=O) groups excluding carboxylic acids is 2. The van der Waals surface area contributed by atoms with Crippen LogP contribution in [0.3, 0.4) is 0 Å². The van der Waals surface area contributed by atoms with Gasteiger partial charge in [-0.1, -0.05) is 30.3 Å². The summed E-state index contributed by atoms with van der Waals surface area (Å²) >= 11 is 0. The molecule has 1 fully saturated rings. The van der Waals surface area contributed by atoms with E-state index in [9.17, 15) is 9.59 Å². The van der Waals surface area contributed by atoms with Gasteiger partial charge in [0.15, 0.2) is 0 Å². The van der Waals surface area contributed by atoms with Crippen molar-refractivity contribution in [1.82, 2.24) is 15.5 Å². The number of likely N-dealkylation sites (N-methyl/N-ethyl adjacent to an activating group) is 1. The molecule has 24 heavy (non-hydrogen) atoms. The average molecular weight is 354 g/mol. The van der Waals surface area contributed by atoms with Gasteiger partial charge in [0.25, 0.3) is 0 Å². The molecule has 1 heterocycles. The first kappa shape index (κ1) is 20.5. The molecule has 5 nitrogen and oxygen atoms in total. The van der Waals surface area contributed by atoms with E-state index in [2.05, 4.69) is 10.6 Å². The zero-order chi connectivity index (χ0) is 16.5. The first-order valence-electron chi connectivity index (χ1n) is 8.48. The second-order valence-electron chi connectivity index (χ2n) is 6.07. The first-order chi connectivity index (χ1) is 11.2. The van der Waals surface area contributed by atoms with Crippen molar-refractivity contribution in [1.29, 1.82) is 0 Å². The molecule has 0 radical (unpaired) electrons. The van der Waals surface area contributed by atoms with Crippen LogP contribution in [-0.2, 0) is 16.1 Å². The van der Waals surface area contributed by atoms with Crippen LogP contribution in [0.25, 0.3) is 0 Å². The monoisotopic (exact) mass is 353 g/mol. The molecule has 2 N–H and O–H groups in total. The van der Waals surface area contributed by atoms with Crippen molar-refractivity contribution in [3.63, 3.8) is 0 Å². The second-order valence-corrected chi connectivity index (χ2v) is 6.07. The average Bonchev–Trinajstić information content (AvgIpc) is 3.10. The van der Waals surface area contributed by atoms with Crippen LogP contribution in [0.4, 0.5) is 0 Å². The quantitative estimate of drug-likeness (QED) is 0.751. The Balaban J connectivity index is 0.00000288. The van der Waals surface area contributed by atoms with E-state index in [1.807, 2.05) is 37.3 Å². The van der Waals surface area contributed by atoms with Gasteiger partial charge >= 0.3 is 0 Å².